The molecule has 0 bridgehead atoms. The summed E-state index contributed by atoms with van der Waals surface area (Å²) in [6.45, 7) is 9.85. The highest BCUT2D eigenvalue weighted by Crippen LogP contribution is 2.37. The van der Waals surface area contributed by atoms with Crippen molar-refractivity contribution < 1.29 is 9.47 Å². The van der Waals surface area contributed by atoms with Gasteiger partial charge in [-0.1, -0.05) is 25.4 Å². The van der Waals surface area contributed by atoms with Gasteiger partial charge in [0, 0.05) is 25.7 Å². The molecule has 0 aliphatic carbocycles. The van der Waals surface area contributed by atoms with Crippen molar-refractivity contribution in [1.82, 2.24) is 4.90 Å². The topological polar surface area (TPSA) is 47.7 Å². The molecule has 0 saturated carbocycles. The van der Waals surface area contributed by atoms with Gasteiger partial charge in [-0.05, 0) is 36.5 Å². The molecule has 0 amide bonds. The zero-order valence-corrected chi connectivity index (χ0v) is 14.7. The molecule has 124 valence electrons. The lowest BCUT2D eigenvalue weighted by Gasteiger charge is -2.42. The predicted octanol–water partition coefficient (Wildman–Crippen LogP) is 3.31. The minimum atomic E-state index is 0.136. The molecule has 22 heavy (non-hydrogen) atoms. The first-order valence-electron chi connectivity index (χ1n) is 7.84. The van der Waals surface area contributed by atoms with Crippen molar-refractivity contribution in [2.24, 2.45) is 11.1 Å². The van der Waals surface area contributed by atoms with E-state index < -0.39 is 0 Å². The van der Waals surface area contributed by atoms with E-state index in [1.54, 1.807) is 7.11 Å². The fraction of sp³-hybridized carbons (Fsp3) is 0.647. The third-order valence-corrected chi connectivity index (χ3v) is 4.65. The summed E-state index contributed by atoms with van der Waals surface area (Å²) in [5.41, 5.74) is 7.49. The molecular formula is C17H27ClN2O2. The van der Waals surface area contributed by atoms with Gasteiger partial charge in [0.25, 0.3) is 0 Å². The number of nitrogens with two attached hydrogens (primary N) is 1. The molecule has 1 heterocycles. The van der Waals surface area contributed by atoms with Crippen molar-refractivity contribution in [3.8, 4) is 11.5 Å². The second-order valence-corrected chi connectivity index (χ2v) is 7.04. The SMILES string of the molecule is CCOc1cc(CN2CCC(N)C(C)(C)C2)cc(Cl)c1OC. The molecule has 4 nitrogen and oxygen atoms in total. The number of piperidine rings is 1. The number of benzene rings is 1. The van der Waals surface area contributed by atoms with Gasteiger partial charge in [-0.3, -0.25) is 4.90 Å². The van der Waals surface area contributed by atoms with E-state index in [-0.39, 0.29) is 11.5 Å². The highest BCUT2D eigenvalue weighted by Gasteiger charge is 2.33. The lowest BCUT2D eigenvalue weighted by molar-refractivity contribution is 0.0898. The van der Waals surface area contributed by atoms with Crippen LogP contribution in [0.4, 0.5) is 0 Å². The fourth-order valence-corrected chi connectivity index (χ4v) is 3.36. The molecule has 1 unspecified atom stereocenters. The summed E-state index contributed by atoms with van der Waals surface area (Å²) in [5.74, 6) is 1.31. The standard InChI is InChI=1S/C17H27ClN2O2/c1-5-22-14-9-12(8-13(18)16(14)21-4)10-20-7-6-15(19)17(2,3)11-20/h8-9,15H,5-7,10-11,19H2,1-4H3. The highest BCUT2D eigenvalue weighted by molar-refractivity contribution is 6.32. The number of halogens is 1. The Morgan fingerprint density at radius 3 is 2.73 bits per heavy atom. The molecule has 1 atom stereocenters. The number of rotatable bonds is 5. The zero-order valence-electron chi connectivity index (χ0n) is 14.0. The summed E-state index contributed by atoms with van der Waals surface area (Å²) in [4.78, 5) is 2.43. The quantitative estimate of drug-likeness (QED) is 0.902. The average molecular weight is 327 g/mol. The molecule has 1 saturated heterocycles. The van der Waals surface area contributed by atoms with Gasteiger partial charge in [-0.25, -0.2) is 0 Å². The third-order valence-electron chi connectivity index (χ3n) is 4.37. The van der Waals surface area contributed by atoms with Crippen molar-refractivity contribution >= 4 is 11.6 Å². The molecule has 0 spiro atoms. The minimum Gasteiger partial charge on any atom is -0.491 e. The highest BCUT2D eigenvalue weighted by atomic mass is 35.5. The van der Waals surface area contributed by atoms with Crippen LogP contribution in [0.2, 0.25) is 5.02 Å². The van der Waals surface area contributed by atoms with E-state index in [2.05, 4.69) is 18.7 Å². The van der Waals surface area contributed by atoms with E-state index in [1.807, 2.05) is 19.1 Å². The molecule has 0 aromatic heterocycles. The maximum absolute atomic E-state index is 6.32. The van der Waals surface area contributed by atoms with Gasteiger partial charge in [-0.15, -0.1) is 0 Å². The van der Waals surface area contributed by atoms with E-state index >= 15 is 0 Å². The first kappa shape index (κ1) is 17.4. The van der Waals surface area contributed by atoms with E-state index in [0.29, 0.717) is 23.1 Å². The van der Waals surface area contributed by atoms with Gasteiger partial charge in [0.15, 0.2) is 11.5 Å². The number of hydrogen-bond acceptors (Lipinski definition) is 4. The molecular weight excluding hydrogens is 300 g/mol. The number of hydrogen-bond donors (Lipinski definition) is 1. The summed E-state index contributed by atoms with van der Waals surface area (Å²) in [6.07, 6.45) is 1.02. The van der Waals surface area contributed by atoms with Crippen LogP contribution in [0.1, 0.15) is 32.8 Å². The van der Waals surface area contributed by atoms with Crippen LogP contribution in [0.5, 0.6) is 11.5 Å². The second-order valence-electron chi connectivity index (χ2n) is 6.64. The molecule has 0 radical (unpaired) electrons. The Morgan fingerprint density at radius 1 is 1.41 bits per heavy atom. The summed E-state index contributed by atoms with van der Waals surface area (Å²) >= 11 is 6.32. The van der Waals surface area contributed by atoms with Gasteiger partial charge in [0.05, 0.1) is 18.7 Å². The van der Waals surface area contributed by atoms with Crippen molar-refractivity contribution in [2.75, 3.05) is 26.8 Å². The third kappa shape index (κ3) is 3.86. The van der Waals surface area contributed by atoms with Gasteiger partial charge in [0.1, 0.15) is 0 Å². The summed E-state index contributed by atoms with van der Waals surface area (Å²) in [7, 11) is 1.61. The Labute approximate surface area is 138 Å². The van der Waals surface area contributed by atoms with E-state index in [0.717, 1.165) is 31.6 Å². The summed E-state index contributed by atoms with van der Waals surface area (Å²) in [6, 6.07) is 4.25. The number of ether oxygens (including phenoxy) is 2. The van der Waals surface area contributed by atoms with Crippen LogP contribution in [-0.2, 0) is 6.54 Å². The number of methoxy groups -OCH3 is 1. The fourth-order valence-electron chi connectivity index (χ4n) is 3.05. The molecule has 1 fully saturated rings. The number of likely N-dealkylation sites (tertiary alicyclic amines) is 1. The summed E-state index contributed by atoms with van der Waals surface area (Å²) in [5, 5.41) is 0.594. The van der Waals surface area contributed by atoms with Crippen LogP contribution in [0.15, 0.2) is 12.1 Å². The molecule has 5 heteroatoms. The van der Waals surface area contributed by atoms with Crippen molar-refractivity contribution in [3.63, 3.8) is 0 Å². The smallest absolute Gasteiger partial charge is 0.179 e. The maximum atomic E-state index is 6.32. The normalized spacial score (nSPS) is 21.6. The average Bonchev–Trinajstić information content (AvgIpc) is 2.43. The second kappa shape index (κ2) is 7.07. The Balaban J connectivity index is 2.16. The Morgan fingerprint density at radius 2 is 2.14 bits per heavy atom. The molecule has 2 N–H and O–H groups in total. The van der Waals surface area contributed by atoms with Crippen LogP contribution < -0.4 is 15.2 Å². The zero-order chi connectivity index (χ0) is 16.3. The van der Waals surface area contributed by atoms with Gasteiger partial charge >= 0.3 is 0 Å². The van der Waals surface area contributed by atoms with Crippen molar-refractivity contribution in [1.29, 1.82) is 0 Å². The summed E-state index contributed by atoms with van der Waals surface area (Å²) < 4.78 is 11.0. The molecule has 1 aliphatic rings. The monoisotopic (exact) mass is 326 g/mol. The van der Waals surface area contributed by atoms with Crippen LogP contribution in [0.3, 0.4) is 0 Å². The van der Waals surface area contributed by atoms with Crippen molar-refractivity contribution in [2.45, 2.75) is 39.8 Å². The van der Waals surface area contributed by atoms with Crippen LogP contribution in [-0.4, -0.2) is 37.7 Å². The Bertz CT molecular complexity index is 520. The number of nitrogens with zero attached hydrogens (tertiary/aromatic N) is 1. The largest absolute Gasteiger partial charge is 0.491 e. The van der Waals surface area contributed by atoms with Crippen LogP contribution in [0, 0.1) is 5.41 Å². The van der Waals surface area contributed by atoms with Gasteiger partial charge in [0.2, 0.25) is 0 Å². The van der Waals surface area contributed by atoms with Crippen LogP contribution in [0.25, 0.3) is 0 Å². The van der Waals surface area contributed by atoms with E-state index in [1.165, 1.54) is 0 Å². The Hall–Kier alpha value is -0.970. The molecule has 2 rings (SSSR count). The van der Waals surface area contributed by atoms with E-state index in [4.69, 9.17) is 26.8 Å². The Kier molecular flexibility index (Phi) is 5.59. The minimum absolute atomic E-state index is 0.136. The first-order chi connectivity index (χ1) is 10.4. The van der Waals surface area contributed by atoms with E-state index in [9.17, 15) is 0 Å². The lowest BCUT2D eigenvalue weighted by atomic mass is 9.79. The predicted molar refractivity (Wildman–Crippen MR) is 90.8 cm³/mol. The first-order valence-corrected chi connectivity index (χ1v) is 8.22. The molecule has 1 aromatic carbocycles. The van der Waals surface area contributed by atoms with Crippen molar-refractivity contribution in [3.05, 3.63) is 22.7 Å². The molecule has 1 aromatic rings. The lowest BCUT2D eigenvalue weighted by Crippen LogP contribution is -2.52. The van der Waals surface area contributed by atoms with Gasteiger partial charge in [-0.2, -0.15) is 0 Å². The maximum Gasteiger partial charge on any atom is 0.179 e. The van der Waals surface area contributed by atoms with Crippen LogP contribution >= 0.6 is 11.6 Å². The van der Waals surface area contributed by atoms with Gasteiger partial charge < -0.3 is 15.2 Å². The molecule has 1 aliphatic heterocycles.